The molecular weight excluding hydrogens is 381 g/mol. The molecule has 0 unspecified atom stereocenters. The average molecular weight is 406 g/mol. The largest absolute Gasteiger partial charge is 0.465 e. The van der Waals surface area contributed by atoms with Gasteiger partial charge in [-0.1, -0.05) is 24.3 Å². The summed E-state index contributed by atoms with van der Waals surface area (Å²) in [5.41, 5.74) is 0.723. The molecule has 0 saturated carbocycles. The van der Waals surface area contributed by atoms with Crippen LogP contribution >= 0.6 is 0 Å². The van der Waals surface area contributed by atoms with Gasteiger partial charge in [0.25, 0.3) is 0 Å². The number of nitrogens with zero attached hydrogens (tertiary/aromatic N) is 2. The lowest BCUT2D eigenvalue weighted by Crippen LogP contribution is -2.45. The van der Waals surface area contributed by atoms with E-state index in [0.29, 0.717) is 25.4 Å². The number of likely N-dealkylation sites (tertiary alicyclic amines) is 1. The highest BCUT2D eigenvalue weighted by molar-refractivity contribution is 5.71. The number of hydrogen-bond donors (Lipinski definition) is 0. The van der Waals surface area contributed by atoms with Crippen LogP contribution in [-0.2, 0) is 15.7 Å². The van der Waals surface area contributed by atoms with Crippen molar-refractivity contribution in [2.45, 2.75) is 32.0 Å². The molecule has 0 amide bonds. The molecule has 1 aliphatic heterocycles. The summed E-state index contributed by atoms with van der Waals surface area (Å²) in [5.74, 6) is -0.247. The van der Waals surface area contributed by atoms with E-state index in [4.69, 9.17) is 4.74 Å². The quantitative estimate of drug-likeness (QED) is 0.641. The predicted octanol–water partition coefficient (Wildman–Crippen LogP) is 4.87. The summed E-state index contributed by atoms with van der Waals surface area (Å²) < 4.78 is 44.7. The van der Waals surface area contributed by atoms with Crippen LogP contribution in [0.25, 0.3) is 0 Å². The van der Waals surface area contributed by atoms with Crippen LogP contribution in [0, 0.1) is 0 Å². The minimum absolute atomic E-state index is 0.0410. The molecule has 156 valence electrons. The van der Waals surface area contributed by atoms with E-state index in [1.165, 1.54) is 12.1 Å². The lowest BCUT2D eigenvalue weighted by molar-refractivity contribution is -0.144. The van der Waals surface area contributed by atoms with Gasteiger partial charge in [-0.2, -0.15) is 13.2 Å². The topological polar surface area (TPSA) is 32.8 Å². The molecule has 0 bridgehead atoms. The third-order valence-corrected chi connectivity index (χ3v) is 5.07. The first-order valence-corrected chi connectivity index (χ1v) is 9.78. The second-order valence-corrected chi connectivity index (χ2v) is 7.07. The molecule has 2 aromatic carbocycles. The molecule has 1 aliphatic rings. The molecule has 1 fully saturated rings. The minimum atomic E-state index is -4.39. The van der Waals surface area contributed by atoms with Gasteiger partial charge < -0.3 is 9.64 Å². The van der Waals surface area contributed by atoms with Gasteiger partial charge in [-0.15, -0.1) is 0 Å². The highest BCUT2D eigenvalue weighted by Crippen LogP contribution is 2.36. The number of anilines is 2. The summed E-state index contributed by atoms with van der Waals surface area (Å²) in [4.78, 5) is 15.7. The normalized spacial score (nSPS) is 15.9. The first-order chi connectivity index (χ1) is 13.9. The molecule has 0 spiro atoms. The van der Waals surface area contributed by atoms with Crippen LogP contribution in [0.1, 0.15) is 25.3 Å². The fourth-order valence-electron chi connectivity index (χ4n) is 3.72. The Balaban J connectivity index is 1.81. The van der Waals surface area contributed by atoms with Crippen LogP contribution in [0.5, 0.6) is 0 Å². The number of rotatable bonds is 6. The molecule has 0 aliphatic carbocycles. The lowest BCUT2D eigenvalue weighted by Gasteiger charge is -2.39. The summed E-state index contributed by atoms with van der Waals surface area (Å²) in [7, 11) is 0. The van der Waals surface area contributed by atoms with Crippen LogP contribution in [0.15, 0.2) is 54.6 Å². The van der Waals surface area contributed by atoms with Gasteiger partial charge in [-0.3, -0.25) is 9.69 Å². The number of ether oxygens (including phenoxy) is 1. The molecule has 29 heavy (non-hydrogen) atoms. The number of alkyl halides is 3. The standard InChI is InChI=1S/C22H25F3N2O2/c1-2-29-21(28)16-26-13-11-19(12-14-26)27(18-8-4-3-5-9-18)20-10-6-7-17(15-20)22(23,24)25/h3-10,15,19H,2,11-14,16H2,1H3. The van der Waals surface area contributed by atoms with Crippen molar-refractivity contribution in [1.29, 1.82) is 0 Å². The third-order valence-electron chi connectivity index (χ3n) is 5.07. The maximum Gasteiger partial charge on any atom is 0.416 e. The fourth-order valence-corrected chi connectivity index (χ4v) is 3.72. The van der Waals surface area contributed by atoms with Gasteiger partial charge >= 0.3 is 12.1 Å². The van der Waals surface area contributed by atoms with Gasteiger partial charge in [0.2, 0.25) is 0 Å². The van der Waals surface area contributed by atoms with E-state index in [0.717, 1.165) is 24.6 Å². The molecule has 0 radical (unpaired) electrons. The van der Waals surface area contributed by atoms with Crippen LogP contribution in [0.3, 0.4) is 0 Å². The number of esters is 1. The number of piperidine rings is 1. The molecule has 2 aromatic rings. The lowest BCUT2D eigenvalue weighted by atomic mass is 10.0. The number of halogens is 3. The first kappa shape index (κ1) is 21.2. The summed E-state index contributed by atoms with van der Waals surface area (Å²) in [6.07, 6.45) is -2.91. The molecule has 0 aromatic heterocycles. The Morgan fingerprint density at radius 1 is 1.07 bits per heavy atom. The molecule has 0 N–H and O–H groups in total. The molecular formula is C22H25F3N2O2. The Bertz CT molecular complexity index is 803. The summed E-state index contributed by atoms with van der Waals surface area (Å²) >= 11 is 0. The van der Waals surface area contributed by atoms with Crippen molar-refractivity contribution in [1.82, 2.24) is 4.90 Å². The maximum absolute atomic E-state index is 13.2. The Kier molecular flexibility index (Phi) is 6.79. The number of benzene rings is 2. The zero-order valence-corrected chi connectivity index (χ0v) is 16.4. The Morgan fingerprint density at radius 3 is 2.34 bits per heavy atom. The maximum atomic E-state index is 13.2. The predicted molar refractivity (Wildman–Crippen MR) is 106 cm³/mol. The Labute approximate surface area is 168 Å². The average Bonchev–Trinajstić information content (AvgIpc) is 2.70. The molecule has 0 atom stereocenters. The second-order valence-electron chi connectivity index (χ2n) is 7.07. The molecule has 1 heterocycles. The SMILES string of the molecule is CCOC(=O)CN1CCC(N(c2ccccc2)c2cccc(C(F)(F)F)c2)CC1. The van der Waals surface area contributed by atoms with Gasteiger partial charge in [0.15, 0.2) is 0 Å². The van der Waals surface area contributed by atoms with Crippen molar-refractivity contribution in [2.24, 2.45) is 0 Å². The molecule has 7 heteroatoms. The van der Waals surface area contributed by atoms with Crippen molar-refractivity contribution in [3.63, 3.8) is 0 Å². The van der Waals surface area contributed by atoms with Crippen LogP contribution in [-0.4, -0.2) is 43.2 Å². The van der Waals surface area contributed by atoms with Crippen molar-refractivity contribution in [3.8, 4) is 0 Å². The van der Waals surface area contributed by atoms with Gasteiger partial charge in [0.05, 0.1) is 18.7 Å². The van der Waals surface area contributed by atoms with Crippen molar-refractivity contribution in [2.75, 3.05) is 31.1 Å². The van der Waals surface area contributed by atoms with E-state index in [9.17, 15) is 18.0 Å². The number of para-hydroxylation sites is 1. The number of carbonyl (C=O) groups is 1. The van der Waals surface area contributed by atoms with Crippen LogP contribution in [0.4, 0.5) is 24.5 Å². The third kappa shape index (κ3) is 5.50. The summed E-state index contributed by atoms with van der Waals surface area (Å²) in [6.45, 7) is 3.75. The van der Waals surface area contributed by atoms with Crippen LogP contribution < -0.4 is 4.90 Å². The number of hydrogen-bond acceptors (Lipinski definition) is 4. The molecule has 3 rings (SSSR count). The van der Waals surface area contributed by atoms with Crippen molar-refractivity contribution >= 4 is 17.3 Å². The monoisotopic (exact) mass is 406 g/mol. The molecule has 1 saturated heterocycles. The van der Waals surface area contributed by atoms with E-state index in [-0.39, 0.29) is 18.6 Å². The second kappa shape index (κ2) is 9.31. The minimum Gasteiger partial charge on any atom is -0.465 e. The van der Waals surface area contributed by atoms with Crippen LogP contribution in [0.2, 0.25) is 0 Å². The van der Waals surface area contributed by atoms with E-state index in [2.05, 4.69) is 0 Å². The summed E-state index contributed by atoms with van der Waals surface area (Å²) in [5, 5.41) is 0. The van der Waals surface area contributed by atoms with Gasteiger partial charge in [0.1, 0.15) is 0 Å². The smallest absolute Gasteiger partial charge is 0.416 e. The molecule has 4 nitrogen and oxygen atoms in total. The Morgan fingerprint density at radius 2 is 1.72 bits per heavy atom. The van der Waals surface area contributed by atoms with Crippen molar-refractivity contribution in [3.05, 3.63) is 60.2 Å². The highest BCUT2D eigenvalue weighted by Gasteiger charge is 2.32. The van der Waals surface area contributed by atoms with Crippen molar-refractivity contribution < 1.29 is 22.7 Å². The summed E-state index contributed by atoms with van der Waals surface area (Å²) in [6, 6.07) is 15.0. The van der Waals surface area contributed by atoms with Gasteiger partial charge in [-0.05, 0) is 50.1 Å². The zero-order chi connectivity index (χ0) is 20.9. The van der Waals surface area contributed by atoms with Gasteiger partial charge in [-0.25, -0.2) is 0 Å². The van der Waals surface area contributed by atoms with E-state index >= 15 is 0 Å². The highest BCUT2D eigenvalue weighted by atomic mass is 19.4. The number of carbonyl (C=O) groups excluding carboxylic acids is 1. The fraction of sp³-hybridized carbons (Fsp3) is 0.409. The van der Waals surface area contributed by atoms with E-state index < -0.39 is 11.7 Å². The Hall–Kier alpha value is -2.54. The van der Waals surface area contributed by atoms with Gasteiger partial charge in [0, 0.05) is 30.5 Å². The van der Waals surface area contributed by atoms with E-state index in [1.807, 2.05) is 40.1 Å². The zero-order valence-electron chi connectivity index (χ0n) is 16.4. The van der Waals surface area contributed by atoms with E-state index in [1.54, 1.807) is 13.0 Å². The first-order valence-electron chi connectivity index (χ1n) is 9.78.